The number of aromatic nitrogens is 3. The number of anilines is 1. The lowest BCUT2D eigenvalue weighted by atomic mass is 10.1. The number of halogens is 1. The second kappa shape index (κ2) is 8.91. The molecule has 3 aromatic rings. The van der Waals surface area contributed by atoms with E-state index in [1.807, 2.05) is 0 Å². The fourth-order valence-electron chi connectivity index (χ4n) is 2.71. The number of oxime groups is 1. The van der Waals surface area contributed by atoms with Crippen LogP contribution in [0.3, 0.4) is 0 Å². The molecular formula is C18H16FN5O5S2. The Labute approximate surface area is 180 Å². The van der Waals surface area contributed by atoms with Gasteiger partial charge in [0.1, 0.15) is 6.33 Å². The normalized spacial score (nSPS) is 16.9. The largest absolute Gasteiger partial charge is 0.389 e. The summed E-state index contributed by atoms with van der Waals surface area (Å²) in [7, 11) is -3.81. The molecule has 31 heavy (non-hydrogen) atoms. The summed E-state index contributed by atoms with van der Waals surface area (Å²) in [4.78, 5) is 25.7. The minimum atomic E-state index is -3.81. The van der Waals surface area contributed by atoms with Crippen LogP contribution >= 0.6 is 11.3 Å². The molecule has 13 heteroatoms. The van der Waals surface area contributed by atoms with Crippen LogP contribution in [0, 0.1) is 5.13 Å². The maximum Gasteiger partial charge on any atom is 0.280 e. The number of nitrogens with zero attached hydrogens (tertiary/aromatic N) is 4. The molecule has 0 radical (unpaired) electrons. The van der Waals surface area contributed by atoms with E-state index >= 15 is 0 Å². The van der Waals surface area contributed by atoms with Gasteiger partial charge in [0, 0.05) is 24.4 Å². The third-order valence-electron chi connectivity index (χ3n) is 4.28. The smallest absolute Gasteiger partial charge is 0.280 e. The zero-order valence-electron chi connectivity index (χ0n) is 15.8. The fourth-order valence-corrected chi connectivity index (χ4v) is 4.37. The lowest BCUT2D eigenvalue weighted by Gasteiger charge is -2.10. The van der Waals surface area contributed by atoms with Crippen LogP contribution in [-0.4, -0.2) is 53.3 Å². The third kappa shape index (κ3) is 4.78. The van der Waals surface area contributed by atoms with E-state index in [0.717, 1.165) is 10.2 Å². The molecule has 1 atom stereocenters. The Morgan fingerprint density at radius 2 is 2.16 bits per heavy atom. The number of amides is 1. The van der Waals surface area contributed by atoms with Gasteiger partial charge in [-0.05, 0) is 12.1 Å². The second-order valence-corrected chi connectivity index (χ2v) is 9.20. The highest BCUT2D eigenvalue weighted by Gasteiger charge is 2.22. The Morgan fingerprint density at radius 1 is 1.35 bits per heavy atom. The lowest BCUT2D eigenvalue weighted by Crippen LogP contribution is -2.25. The van der Waals surface area contributed by atoms with Gasteiger partial charge >= 0.3 is 0 Å². The number of ether oxygens (including phenoxy) is 1. The molecule has 1 saturated heterocycles. The maximum atomic E-state index is 13.2. The second-order valence-electron chi connectivity index (χ2n) is 6.38. The van der Waals surface area contributed by atoms with Crippen LogP contribution in [0.5, 0.6) is 0 Å². The molecule has 0 unspecified atom stereocenters. The number of imidazole rings is 1. The highest BCUT2D eigenvalue weighted by Crippen LogP contribution is 2.19. The molecule has 1 aliphatic rings. The van der Waals surface area contributed by atoms with Crippen LogP contribution in [0.15, 0.2) is 59.2 Å². The van der Waals surface area contributed by atoms with Crippen molar-refractivity contribution in [2.45, 2.75) is 17.4 Å². The van der Waals surface area contributed by atoms with E-state index in [0.29, 0.717) is 36.5 Å². The Balaban J connectivity index is 1.61. The molecule has 1 aliphatic heterocycles. The highest BCUT2D eigenvalue weighted by molar-refractivity contribution is 7.90. The molecule has 1 amide bonds. The number of hydrogen-bond donors (Lipinski definition) is 1. The molecule has 1 aromatic carbocycles. The van der Waals surface area contributed by atoms with Crippen LogP contribution in [0.4, 0.5) is 9.52 Å². The van der Waals surface area contributed by atoms with Crippen LogP contribution in [0.1, 0.15) is 12.0 Å². The lowest BCUT2D eigenvalue weighted by molar-refractivity contribution is -0.110. The van der Waals surface area contributed by atoms with Crippen LogP contribution in [-0.2, 0) is 24.4 Å². The van der Waals surface area contributed by atoms with Gasteiger partial charge < -0.3 is 9.57 Å². The summed E-state index contributed by atoms with van der Waals surface area (Å²) in [5, 5.41) is 5.92. The minimum absolute atomic E-state index is 0.00103. The van der Waals surface area contributed by atoms with E-state index < -0.39 is 21.1 Å². The molecule has 0 aliphatic carbocycles. The number of rotatable bonds is 7. The Morgan fingerprint density at radius 3 is 2.77 bits per heavy atom. The molecule has 162 valence electrons. The third-order valence-corrected chi connectivity index (χ3v) is 6.62. The Kier molecular flexibility index (Phi) is 6.06. The Hall–Kier alpha value is -3.16. The van der Waals surface area contributed by atoms with Crippen molar-refractivity contribution in [2.75, 3.05) is 18.5 Å². The average molecular weight is 465 g/mol. The van der Waals surface area contributed by atoms with Crippen molar-refractivity contribution in [3.05, 3.63) is 59.9 Å². The first-order chi connectivity index (χ1) is 14.9. The maximum absolute atomic E-state index is 13.2. The molecule has 1 fully saturated rings. The first kappa shape index (κ1) is 21.1. The van der Waals surface area contributed by atoms with E-state index in [2.05, 4.69) is 20.4 Å². The topological polar surface area (TPSA) is 125 Å². The monoisotopic (exact) mass is 465 g/mol. The average Bonchev–Trinajstić information content (AvgIpc) is 3.52. The molecule has 3 heterocycles. The molecule has 0 spiro atoms. The molecule has 0 saturated carbocycles. The summed E-state index contributed by atoms with van der Waals surface area (Å²) in [6.45, 7) is 0.874. The van der Waals surface area contributed by atoms with Gasteiger partial charge in [-0.25, -0.2) is 22.4 Å². The SMILES string of the molecule is O=C(Nc1ncc(F)s1)C(=NO[C@@H]1CCOC1)c1ccc(S(=O)(=O)n2ccnc2)cc1. The van der Waals surface area contributed by atoms with Gasteiger partial charge in [0.05, 0.1) is 24.3 Å². The summed E-state index contributed by atoms with van der Waals surface area (Å²) < 4.78 is 44.6. The first-order valence-corrected chi connectivity index (χ1v) is 11.3. The predicted octanol–water partition coefficient (Wildman–Crippen LogP) is 1.86. The Bertz CT molecular complexity index is 1190. The number of nitrogens with one attached hydrogen (secondary N) is 1. The predicted molar refractivity (Wildman–Crippen MR) is 109 cm³/mol. The molecule has 0 bridgehead atoms. The van der Waals surface area contributed by atoms with Crippen molar-refractivity contribution < 1.29 is 27.2 Å². The van der Waals surface area contributed by atoms with E-state index in [-0.39, 0.29) is 21.8 Å². The first-order valence-electron chi connectivity index (χ1n) is 9.02. The molecular weight excluding hydrogens is 449 g/mol. The quantitative estimate of drug-likeness (QED) is 0.417. The van der Waals surface area contributed by atoms with Crippen molar-refractivity contribution in [3.8, 4) is 0 Å². The number of thiazole rings is 1. The molecule has 10 nitrogen and oxygen atoms in total. The van der Waals surface area contributed by atoms with Crippen molar-refractivity contribution in [2.24, 2.45) is 5.16 Å². The van der Waals surface area contributed by atoms with Crippen molar-refractivity contribution in [1.29, 1.82) is 0 Å². The summed E-state index contributed by atoms with van der Waals surface area (Å²) in [5.74, 6) is -0.682. The van der Waals surface area contributed by atoms with Gasteiger partial charge in [-0.1, -0.05) is 28.6 Å². The van der Waals surface area contributed by atoms with E-state index in [1.54, 1.807) is 0 Å². The van der Waals surface area contributed by atoms with Crippen LogP contribution in [0.2, 0.25) is 0 Å². The van der Waals surface area contributed by atoms with Crippen molar-refractivity contribution in [3.63, 3.8) is 0 Å². The molecule has 1 N–H and O–H groups in total. The molecule has 4 rings (SSSR count). The summed E-state index contributed by atoms with van der Waals surface area (Å²) in [6.07, 6.45) is 5.15. The zero-order valence-corrected chi connectivity index (χ0v) is 17.5. The fraction of sp³-hybridized carbons (Fsp3) is 0.222. The van der Waals surface area contributed by atoms with Gasteiger partial charge in [-0.15, -0.1) is 0 Å². The number of carbonyl (C=O) groups excluding carboxylic acids is 1. The van der Waals surface area contributed by atoms with Crippen molar-refractivity contribution >= 4 is 38.1 Å². The molecule has 2 aromatic heterocycles. The number of benzene rings is 1. The minimum Gasteiger partial charge on any atom is -0.389 e. The van der Waals surface area contributed by atoms with Crippen molar-refractivity contribution in [1.82, 2.24) is 13.9 Å². The van der Waals surface area contributed by atoms with Gasteiger partial charge in [0.25, 0.3) is 15.9 Å². The van der Waals surface area contributed by atoms with E-state index in [1.165, 1.54) is 43.0 Å². The highest BCUT2D eigenvalue weighted by atomic mass is 32.2. The summed E-state index contributed by atoms with van der Waals surface area (Å²) in [5.41, 5.74) is 0.187. The summed E-state index contributed by atoms with van der Waals surface area (Å²) in [6, 6.07) is 5.54. The van der Waals surface area contributed by atoms with Gasteiger partial charge in [0.2, 0.25) is 0 Å². The zero-order chi connectivity index (χ0) is 21.8. The van der Waals surface area contributed by atoms with Gasteiger partial charge in [-0.3, -0.25) is 10.1 Å². The van der Waals surface area contributed by atoms with E-state index in [9.17, 15) is 17.6 Å². The van der Waals surface area contributed by atoms with Crippen LogP contribution < -0.4 is 5.32 Å². The number of hydrogen-bond acceptors (Lipinski definition) is 9. The standard InChI is InChI=1S/C18H16FN5O5S2/c19-15-9-21-18(30-15)22-17(25)16(23-29-13-5-8-28-10-13)12-1-3-14(4-2-12)31(26,27)24-7-6-20-11-24/h1-4,6-7,9,11,13H,5,8,10H2,(H,21,22,25)/t13-/m1/s1. The number of carbonyl (C=O) groups is 1. The van der Waals surface area contributed by atoms with Gasteiger partial charge in [-0.2, -0.15) is 4.39 Å². The van der Waals surface area contributed by atoms with Gasteiger partial charge in [0.15, 0.2) is 22.1 Å². The van der Waals surface area contributed by atoms with E-state index in [4.69, 9.17) is 9.57 Å². The van der Waals surface area contributed by atoms with Crippen LogP contribution in [0.25, 0.3) is 0 Å². The summed E-state index contributed by atoms with van der Waals surface area (Å²) >= 11 is 0.663.